The molecular weight excluding hydrogens is 216 g/mol. The van der Waals surface area contributed by atoms with Crippen LogP contribution in [-0.2, 0) is 9.47 Å². The Labute approximate surface area is 94.6 Å². The van der Waals surface area contributed by atoms with Crippen molar-refractivity contribution in [1.29, 1.82) is 0 Å². The maximum atomic E-state index is 5.70. The van der Waals surface area contributed by atoms with E-state index in [0.29, 0.717) is 24.8 Å². The molecule has 0 bridgehead atoms. The molecule has 0 aliphatic heterocycles. The number of aromatic nitrogens is 1. The van der Waals surface area contributed by atoms with Gasteiger partial charge >= 0.3 is 0 Å². The first-order chi connectivity index (χ1) is 7.33. The molecule has 15 heavy (non-hydrogen) atoms. The predicted molar refractivity (Wildman–Crippen MR) is 60.4 cm³/mol. The van der Waals surface area contributed by atoms with Gasteiger partial charge in [-0.1, -0.05) is 11.6 Å². The van der Waals surface area contributed by atoms with Crippen molar-refractivity contribution in [2.24, 2.45) is 0 Å². The summed E-state index contributed by atoms with van der Waals surface area (Å²) in [5, 5.41) is 3.75. The summed E-state index contributed by atoms with van der Waals surface area (Å²) in [5.74, 6) is 0.801. The normalized spacial score (nSPS) is 10.3. The summed E-state index contributed by atoms with van der Waals surface area (Å²) < 4.78 is 10.1. The van der Waals surface area contributed by atoms with Gasteiger partial charge in [-0.15, -0.1) is 0 Å². The third-order valence-corrected chi connectivity index (χ3v) is 1.94. The van der Waals surface area contributed by atoms with Gasteiger partial charge in [0.25, 0.3) is 0 Å². The summed E-state index contributed by atoms with van der Waals surface area (Å²) in [6.07, 6.45) is 1.61. The zero-order valence-corrected chi connectivity index (χ0v) is 9.46. The van der Waals surface area contributed by atoms with Crippen LogP contribution in [0, 0.1) is 0 Å². The van der Waals surface area contributed by atoms with E-state index in [2.05, 4.69) is 10.3 Å². The molecule has 0 radical (unpaired) electrons. The number of hydrogen-bond acceptors (Lipinski definition) is 4. The monoisotopic (exact) mass is 230 g/mol. The molecule has 1 N–H and O–H groups in total. The number of nitrogens with one attached hydrogen (secondary N) is 1. The molecule has 1 rings (SSSR count). The fourth-order valence-corrected chi connectivity index (χ4v) is 1.09. The summed E-state index contributed by atoms with van der Waals surface area (Å²) in [7, 11) is 1.65. The van der Waals surface area contributed by atoms with Gasteiger partial charge in [0.2, 0.25) is 0 Å². The van der Waals surface area contributed by atoms with Gasteiger partial charge in [-0.2, -0.15) is 0 Å². The van der Waals surface area contributed by atoms with Gasteiger partial charge in [0, 0.05) is 19.9 Å². The second kappa shape index (κ2) is 7.45. The van der Waals surface area contributed by atoms with E-state index >= 15 is 0 Å². The number of pyridine rings is 1. The van der Waals surface area contributed by atoms with Crippen LogP contribution in [0.5, 0.6) is 0 Å². The third kappa shape index (κ3) is 5.57. The SMILES string of the molecule is COCCOCCNc1ccc(Cl)cn1. The Kier molecular flexibility index (Phi) is 6.08. The van der Waals surface area contributed by atoms with Crippen LogP contribution in [0.3, 0.4) is 0 Å². The minimum atomic E-state index is 0.617. The molecule has 0 aliphatic rings. The molecular formula is C10H15ClN2O2. The van der Waals surface area contributed by atoms with Gasteiger partial charge < -0.3 is 14.8 Å². The lowest BCUT2D eigenvalue weighted by molar-refractivity contribution is 0.0759. The van der Waals surface area contributed by atoms with Gasteiger partial charge in [0.1, 0.15) is 5.82 Å². The first kappa shape index (κ1) is 12.2. The van der Waals surface area contributed by atoms with E-state index in [9.17, 15) is 0 Å². The number of ether oxygens (including phenoxy) is 2. The van der Waals surface area contributed by atoms with Crippen molar-refractivity contribution in [2.75, 3.05) is 38.8 Å². The summed E-state index contributed by atoms with van der Waals surface area (Å²) in [4.78, 5) is 4.09. The third-order valence-electron chi connectivity index (χ3n) is 1.71. The topological polar surface area (TPSA) is 43.4 Å². The van der Waals surface area contributed by atoms with Crippen LogP contribution in [-0.4, -0.2) is 38.5 Å². The van der Waals surface area contributed by atoms with Gasteiger partial charge in [0.15, 0.2) is 0 Å². The molecule has 1 aromatic heterocycles. The maximum Gasteiger partial charge on any atom is 0.126 e. The molecule has 5 heteroatoms. The Morgan fingerprint density at radius 2 is 2.20 bits per heavy atom. The van der Waals surface area contributed by atoms with Gasteiger partial charge in [-0.05, 0) is 12.1 Å². The lowest BCUT2D eigenvalue weighted by atomic mass is 10.4. The molecule has 0 unspecified atom stereocenters. The van der Waals surface area contributed by atoms with Crippen LogP contribution >= 0.6 is 11.6 Å². The van der Waals surface area contributed by atoms with Gasteiger partial charge in [-0.25, -0.2) is 4.98 Å². The van der Waals surface area contributed by atoms with Crippen molar-refractivity contribution in [1.82, 2.24) is 4.98 Å². The second-order valence-corrected chi connectivity index (χ2v) is 3.33. The summed E-state index contributed by atoms with van der Waals surface area (Å²) >= 11 is 5.70. The lowest BCUT2D eigenvalue weighted by Gasteiger charge is -2.06. The van der Waals surface area contributed by atoms with Crippen molar-refractivity contribution in [3.63, 3.8) is 0 Å². The first-order valence-electron chi connectivity index (χ1n) is 4.75. The standard InChI is InChI=1S/C10H15ClN2O2/c1-14-6-7-15-5-4-12-10-3-2-9(11)8-13-10/h2-3,8H,4-7H2,1H3,(H,12,13). The average Bonchev–Trinajstić information content (AvgIpc) is 2.26. The highest BCUT2D eigenvalue weighted by Crippen LogP contribution is 2.08. The van der Waals surface area contributed by atoms with Gasteiger partial charge in [-0.3, -0.25) is 0 Å². The second-order valence-electron chi connectivity index (χ2n) is 2.89. The molecule has 4 nitrogen and oxygen atoms in total. The number of nitrogens with zero attached hydrogens (tertiary/aromatic N) is 1. The van der Waals surface area contributed by atoms with E-state index in [-0.39, 0.29) is 0 Å². The highest BCUT2D eigenvalue weighted by molar-refractivity contribution is 6.30. The van der Waals surface area contributed by atoms with Crippen molar-refractivity contribution in [3.05, 3.63) is 23.4 Å². The first-order valence-corrected chi connectivity index (χ1v) is 5.13. The number of halogens is 1. The minimum absolute atomic E-state index is 0.617. The van der Waals surface area contributed by atoms with E-state index in [1.165, 1.54) is 0 Å². The fourth-order valence-electron chi connectivity index (χ4n) is 0.976. The molecule has 0 aromatic carbocycles. The van der Waals surface area contributed by atoms with Crippen molar-refractivity contribution >= 4 is 17.4 Å². The molecule has 0 aliphatic carbocycles. The molecule has 84 valence electrons. The van der Waals surface area contributed by atoms with E-state index in [4.69, 9.17) is 21.1 Å². The number of methoxy groups -OCH3 is 1. The van der Waals surface area contributed by atoms with Crippen LogP contribution in [0.4, 0.5) is 5.82 Å². The highest BCUT2D eigenvalue weighted by Gasteiger charge is 1.93. The van der Waals surface area contributed by atoms with Crippen LogP contribution < -0.4 is 5.32 Å². The molecule has 0 atom stereocenters. The molecule has 0 spiro atoms. The van der Waals surface area contributed by atoms with E-state index in [0.717, 1.165) is 12.4 Å². The Balaban J connectivity index is 2.07. The smallest absolute Gasteiger partial charge is 0.126 e. The molecule has 0 fully saturated rings. The van der Waals surface area contributed by atoms with Crippen molar-refractivity contribution in [2.45, 2.75) is 0 Å². The number of rotatable bonds is 7. The van der Waals surface area contributed by atoms with Gasteiger partial charge in [0.05, 0.1) is 24.8 Å². The average molecular weight is 231 g/mol. The Morgan fingerprint density at radius 3 is 2.87 bits per heavy atom. The van der Waals surface area contributed by atoms with Crippen molar-refractivity contribution in [3.8, 4) is 0 Å². The van der Waals surface area contributed by atoms with Crippen molar-refractivity contribution < 1.29 is 9.47 Å². The molecule has 0 saturated carbocycles. The molecule has 0 amide bonds. The van der Waals surface area contributed by atoms with Crippen LogP contribution in [0.15, 0.2) is 18.3 Å². The molecule has 0 saturated heterocycles. The predicted octanol–water partition coefficient (Wildman–Crippen LogP) is 1.81. The summed E-state index contributed by atoms with van der Waals surface area (Å²) in [5.41, 5.74) is 0. The highest BCUT2D eigenvalue weighted by atomic mass is 35.5. The zero-order valence-electron chi connectivity index (χ0n) is 8.70. The van der Waals surface area contributed by atoms with Crippen LogP contribution in [0.2, 0.25) is 5.02 Å². The molecule has 1 heterocycles. The van der Waals surface area contributed by atoms with E-state index in [1.807, 2.05) is 6.07 Å². The van der Waals surface area contributed by atoms with Crippen LogP contribution in [0.25, 0.3) is 0 Å². The summed E-state index contributed by atoms with van der Waals surface area (Å²) in [6, 6.07) is 3.63. The zero-order chi connectivity index (χ0) is 10.9. The molecule has 1 aromatic rings. The summed E-state index contributed by atoms with van der Waals surface area (Å²) in [6.45, 7) is 2.59. The number of anilines is 1. The van der Waals surface area contributed by atoms with E-state index in [1.54, 1.807) is 19.4 Å². The Bertz CT molecular complexity index is 267. The fraction of sp³-hybridized carbons (Fsp3) is 0.500. The largest absolute Gasteiger partial charge is 0.382 e. The maximum absolute atomic E-state index is 5.70. The van der Waals surface area contributed by atoms with E-state index < -0.39 is 0 Å². The Hall–Kier alpha value is -0.840. The quantitative estimate of drug-likeness (QED) is 0.726. The lowest BCUT2D eigenvalue weighted by Crippen LogP contribution is -2.12. The minimum Gasteiger partial charge on any atom is -0.382 e. The number of hydrogen-bond donors (Lipinski definition) is 1. The Morgan fingerprint density at radius 1 is 1.33 bits per heavy atom. The van der Waals surface area contributed by atoms with Crippen LogP contribution in [0.1, 0.15) is 0 Å².